The van der Waals surface area contributed by atoms with E-state index >= 15 is 0 Å². The second-order valence-electron chi connectivity index (χ2n) is 3.87. The fourth-order valence-electron chi connectivity index (χ4n) is 1.83. The maximum absolute atomic E-state index is 11.0. The number of rotatable bonds is 1. The van der Waals surface area contributed by atoms with Crippen LogP contribution in [0, 0.1) is 13.8 Å². The summed E-state index contributed by atoms with van der Waals surface area (Å²) in [6.45, 7) is 3.59. The van der Waals surface area contributed by atoms with Gasteiger partial charge in [-0.15, -0.1) is 0 Å². The zero-order valence-corrected chi connectivity index (χ0v) is 12.8. The van der Waals surface area contributed by atoms with Crippen LogP contribution in [-0.4, -0.2) is 13.0 Å². The third-order valence-corrected chi connectivity index (χ3v) is 3.65. The molecule has 0 aliphatic rings. The zero-order valence-electron chi connectivity index (χ0n) is 10.0. The van der Waals surface area contributed by atoms with E-state index in [2.05, 4.69) is 0 Å². The first-order chi connectivity index (χ1) is 7.39. The van der Waals surface area contributed by atoms with Gasteiger partial charge in [0.05, 0.1) is 4.90 Å². The van der Waals surface area contributed by atoms with E-state index < -0.39 is 10.1 Å². The van der Waals surface area contributed by atoms with Crippen molar-refractivity contribution in [3.8, 4) is 0 Å². The van der Waals surface area contributed by atoms with Gasteiger partial charge in [-0.05, 0) is 36.2 Å². The van der Waals surface area contributed by atoms with Crippen molar-refractivity contribution in [1.82, 2.24) is 0 Å². The number of hydrogen-bond donors (Lipinski definition) is 0. The van der Waals surface area contributed by atoms with Gasteiger partial charge in [0.1, 0.15) is 10.1 Å². The molecule has 5 heteroatoms. The van der Waals surface area contributed by atoms with Gasteiger partial charge < -0.3 is 4.55 Å². The predicted molar refractivity (Wildman–Crippen MR) is 61.4 cm³/mol. The average Bonchev–Trinajstić information content (AvgIpc) is 2.17. The van der Waals surface area contributed by atoms with E-state index in [4.69, 9.17) is 0 Å². The number of fused-ring (bicyclic) bond motifs is 1. The number of hydrogen-bond acceptors (Lipinski definition) is 3. The Morgan fingerprint density at radius 3 is 2.24 bits per heavy atom. The van der Waals surface area contributed by atoms with E-state index in [0.29, 0.717) is 5.56 Å². The van der Waals surface area contributed by atoms with E-state index in [-0.39, 0.29) is 34.5 Å². The van der Waals surface area contributed by atoms with Gasteiger partial charge in [0.15, 0.2) is 0 Å². The minimum absolute atomic E-state index is 0. The van der Waals surface area contributed by atoms with Gasteiger partial charge in [-0.3, -0.25) is 0 Å². The SMILES string of the molecule is Cc1ccc2ccc(S(=O)(=O)[O-])c(C)c2c1.[Na+]. The molecule has 0 saturated carbocycles. The molecule has 0 N–H and O–H groups in total. The predicted octanol–water partition coefficient (Wildman–Crippen LogP) is -0.635. The molecule has 0 radical (unpaired) electrons. The van der Waals surface area contributed by atoms with Gasteiger partial charge in [-0.1, -0.05) is 29.8 Å². The van der Waals surface area contributed by atoms with Crippen LogP contribution in [0.2, 0.25) is 0 Å². The number of benzene rings is 2. The topological polar surface area (TPSA) is 57.2 Å². The molecule has 3 nitrogen and oxygen atoms in total. The van der Waals surface area contributed by atoms with Gasteiger partial charge in [0.2, 0.25) is 0 Å². The Balaban J connectivity index is 0.00000144. The van der Waals surface area contributed by atoms with Crippen LogP contribution in [0.1, 0.15) is 11.1 Å². The van der Waals surface area contributed by atoms with Crippen molar-refractivity contribution in [3.05, 3.63) is 41.5 Å². The molecule has 0 aliphatic carbocycles. The largest absolute Gasteiger partial charge is 1.00 e. The molecule has 0 amide bonds. The molecule has 0 heterocycles. The third-order valence-electron chi connectivity index (χ3n) is 2.67. The summed E-state index contributed by atoms with van der Waals surface area (Å²) in [6, 6.07) is 8.78. The van der Waals surface area contributed by atoms with Crippen LogP contribution in [0.3, 0.4) is 0 Å². The summed E-state index contributed by atoms with van der Waals surface area (Å²) in [5, 5.41) is 1.76. The Hall–Kier alpha value is -0.390. The molecule has 0 spiro atoms. The van der Waals surface area contributed by atoms with E-state index in [1.165, 1.54) is 6.07 Å². The molecule has 2 rings (SSSR count). The molecule has 2 aromatic carbocycles. The van der Waals surface area contributed by atoms with E-state index in [0.717, 1.165) is 16.3 Å². The molecule has 17 heavy (non-hydrogen) atoms. The molecule has 0 aliphatic heterocycles. The maximum atomic E-state index is 11.0. The standard InChI is InChI=1S/C12H12O3S.Na/c1-8-3-4-10-5-6-12(16(13,14)15)9(2)11(10)7-8;/h3-7H,1-2H3,(H,13,14,15);/q;+1/p-1. The fraction of sp³-hybridized carbons (Fsp3) is 0.167. The van der Waals surface area contributed by atoms with Crippen molar-refractivity contribution < 1.29 is 42.5 Å². The first-order valence-electron chi connectivity index (χ1n) is 4.85. The van der Waals surface area contributed by atoms with Crippen molar-refractivity contribution >= 4 is 20.9 Å². The molecule has 2 aromatic rings. The monoisotopic (exact) mass is 258 g/mol. The summed E-state index contributed by atoms with van der Waals surface area (Å²) in [7, 11) is -4.39. The van der Waals surface area contributed by atoms with Crippen LogP contribution in [-0.2, 0) is 10.1 Å². The summed E-state index contributed by atoms with van der Waals surface area (Å²) < 4.78 is 33.1. The first-order valence-corrected chi connectivity index (χ1v) is 6.26. The van der Waals surface area contributed by atoms with Crippen LogP contribution >= 0.6 is 0 Å². The summed E-state index contributed by atoms with van der Waals surface area (Å²) in [5.41, 5.74) is 1.56. The van der Waals surface area contributed by atoms with Gasteiger partial charge in [-0.2, -0.15) is 0 Å². The van der Waals surface area contributed by atoms with Crippen LogP contribution in [0.15, 0.2) is 35.2 Å². The maximum Gasteiger partial charge on any atom is 1.00 e. The summed E-state index contributed by atoms with van der Waals surface area (Å²) >= 11 is 0. The molecule has 0 atom stereocenters. The molecule has 0 unspecified atom stereocenters. The minimum atomic E-state index is -4.39. The second kappa shape index (κ2) is 5.08. The number of aryl methyl sites for hydroxylation is 2. The van der Waals surface area contributed by atoms with Gasteiger partial charge in [0.25, 0.3) is 0 Å². The molecule has 0 bridgehead atoms. The average molecular weight is 258 g/mol. The Labute approximate surface area is 123 Å². The van der Waals surface area contributed by atoms with Gasteiger partial charge in [0, 0.05) is 0 Å². The van der Waals surface area contributed by atoms with Gasteiger partial charge >= 0.3 is 29.6 Å². The first kappa shape index (κ1) is 14.7. The summed E-state index contributed by atoms with van der Waals surface area (Å²) in [5.74, 6) is 0. The van der Waals surface area contributed by atoms with E-state index in [9.17, 15) is 13.0 Å². The summed E-state index contributed by atoms with van der Waals surface area (Å²) in [4.78, 5) is -0.134. The minimum Gasteiger partial charge on any atom is -0.744 e. The van der Waals surface area contributed by atoms with Crippen LogP contribution in [0.25, 0.3) is 10.8 Å². The third kappa shape index (κ3) is 2.89. The Bertz CT molecular complexity index is 663. The van der Waals surface area contributed by atoms with E-state index in [1.807, 2.05) is 25.1 Å². The fourth-order valence-corrected chi connectivity index (χ4v) is 2.55. The molecular formula is C12H11NaO3S. The van der Waals surface area contributed by atoms with Gasteiger partial charge in [-0.25, -0.2) is 8.42 Å². The Morgan fingerprint density at radius 2 is 1.65 bits per heavy atom. The van der Waals surface area contributed by atoms with Crippen molar-refractivity contribution in [2.45, 2.75) is 18.7 Å². The zero-order chi connectivity index (χ0) is 11.9. The second-order valence-corrected chi connectivity index (χ2v) is 5.22. The van der Waals surface area contributed by atoms with Crippen molar-refractivity contribution in [1.29, 1.82) is 0 Å². The van der Waals surface area contributed by atoms with Crippen LogP contribution in [0.5, 0.6) is 0 Å². The molecule has 0 saturated heterocycles. The van der Waals surface area contributed by atoms with E-state index in [1.54, 1.807) is 13.0 Å². The molecule has 0 fully saturated rings. The van der Waals surface area contributed by atoms with Crippen molar-refractivity contribution in [3.63, 3.8) is 0 Å². The van der Waals surface area contributed by atoms with Crippen LogP contribution in [0.4, 0.5) is 0 Å². The Morgan fingerprint density at radius 1 is 1.06 bits per heavy atom. The quantitative estimate of drug-likeness (QED) is 0.505. The summed E-state index contributed by atoms with van der Waals surface area (Å²) in [6.07, 6.45) is 0. The molecular weight excluding hydrogens is 247 g/mol. The van der Waals surface area contributed by atoms with Crippen LogP contribution < -0.4 is 29.6 Å². The molecule has 0 aromatic heterocycles. The van der Waals surface area contributed by atoms with Crippen molar-refractivity contribution in [2.75, 3.05) is 0 Å². The Kier molecular flexibility index (Phi) is 4.38. The molecule has 84 valence electrons. The normalized spacial score (nSPS) is 11.2. The van der Waals surface area contributed by atoms with Crippen molar-refractivity contribution in [2.24, 2.45) is 0 Å². The smallest absolute Gasteiger partial charge is 0.744 e.